The first-order valence-corrected chi connectivity index (χ1v) is 9.97. The van der Waals surface area contributed by atoms with Crippen molar-refractivity contribution in [1.82, 2.24) is 3.97 Å². The lowest BCUT2D eigenvalue weighted by atomic mass is 10.1. The van der Waals surface area contributed by atoms with Crippen molar-refractivity contribution in [3.8, 4) is 5.75 Å². The molecule has 1 aromatic heterocycles. The summed E-state index contributed by atoms with van der Waals surface area (Å²) in [6, 6.07) is 11.4. The van der Waals surface area contributed by atoms with Crippen molar-refractivity contribution >= 4 is 42.8 Å². The second kappa shape index (κ2) is 7.13. The minimum absolute atomic E-state index is 0.0752. The van der Waals surface area contributed by atoms with Gasteiger partial charge in [-0.05, 0) is 54.4 Å². The Morgan fingerprint density at radius 1 is 1.19 bits per heavy atom. The standard InChI is InChI=1S/C18H16BrNO5S/c1-25-14-4-6-15(7-5-14)26(23,24)20-11-12(2-9-18(21)22)16-10-13(19)3-8-17(16)20/h3-8,10-11H,2,9H2,1H3,(H,21,22). The highest BCUT2D eigenvalue weighted by Gasteiger charge is 2.21. The third kappa shape index (κ3) is 3.47. The maximum Gasteiger partial charge on any atom is 0.303 e. The Balaban J connectivity index is 2.15. The molecule has 1 N–H and O–H groups in total. The van der Waals surface area contributed by atoms with Gasteiger partial charge in [0.2, 0.25) is 0 Å². The van der Waals surface area contributed by atoms with Gasteiger partial charge >= 0.3 is 5.97 Å². The van der Waals surface area contributed by atoms with Crippen LogP contribution in [-0.4, -0.2) is 30.6 Å². The average molecular weight is 438 g/mol. The fourth-order valence-corrected chi connectivity index (χ4v) is 4.49. The molecule has 6 nitrogen and oxygen atoms in total. The number of nitrogens with zero attached hydrogens (tertiary/aromatic N) is 1. The molecular formula is C18H16BrNO5S. The van der Waals surface area contributed by atoms with Crippen molar-refractivity contribution in [2.45, 2.75) is 17.7 Å². The van der Waals surface area contributed by atoms with Crippen molar-refractivity contribution in [3.05, 3.63) is 58.7 Å². The van der Waals surface area contributed by atoms with Gasteiger partial charge in [-0.2, -0.15) is 0 Å². The lowest BCUT2D eigenvalue weighted by Gasteiger charge is -2.08. The van der Waals surface area contributed by atoms with E-state index in [0.717, 1.165) is 4.47 Å². The van der Waals surface area contributed by atoms with Gasteiger partial charge in [-0.1, -0.05) is 15.9 Å². The summed E-state index contributed by atoms with van der Waals surface area (Å²) in [5.74, 6) is -0.369. The quantitative estimate of drug-likeness (QED) is 0.635. The summed E-state index contributed by atoms with van der Waals surface area (Å²) in [6.45, 7) is 0. The SMILES string of the molecule is COc1ccc(S(=O)(=O)n2cc(CCC(=O)O)c3cc(Br)ccc32)cc1. The Morgan fingerprint density at radius 2 is 1.88 bits per heavy atom. The number of carboxylic acids is 1. The molecule has 3 rings (SSSR count). The van der Waals surface area contributed by atoms with E-state index in [9.17, 15) is 13.2 Å². The first-order chi connectivity index (χ1) is 12.3. The first-order valence-electron chi connectivity index (χ1n) is 7.74. The molecule has 0 fully saturated rings. The number of aromatic nitrogens is 1. The molecule has 0 spiro atoms. The third-order valence-electron chi connectivity index (χ3n) is 4.04. The number of methoxy groups -OCH3 is 1. The Kier molecular flexibility index (Phi) is 5.06. The molecule has 0 radical (unpaired) electrons. The topological polar surface area (TPSA) is 85.6 Å². The zero-order valence-electron chi connectivity index (χ0n) is 13.8. The molecule has 0 aliphatic carbocycles. The van der Waals surface area contributed by atoms with Crippen LogP contribution in [0.5, 0.6) is 5.75 Å². The Hall–Kier alpha value is -2.32. The fraction of sp³-hybridized carbons (Fsp3) is 0.167. The molecule has 0 unspecified atom stereocenters. The van der Waals surface area contributed by atoms with E-state index in [4.69, 9.17) is 9.84 Å². The van der Waals surface area contributed by atoms with Gasteiger partial charge < -0.3 is 9.84 Å². The van der Waals surface area contributed by atoms with Gasteiger partial charge in [-0.15, -0.1) is 0 Å². The summed E-state index contributed by atoms with van der Waals surface area (Å²) >= 11 is 3.38. The molecule has 0 atom stereocenters. The van der Waals surface area contributed by atoms with Crippen molar-refractivity contribution in [3.63, 3.8) is 0 Å². The molecule has 0 saturated carbocycles. The van der Waals surface area contributed by atoms with E-state index >= 15 is 0 Å². The number of benzene rings is 2. The highest BCUT2D eigenvalue weighted by atomic mass is 79.9. The van der Waals surface area contributed by atoms with Gasteiger partial charge in [0.25, 0.3) is 10.0 Å². The molecule has 2 aromatic carbocycles. The van der Waals surface area contributed by atoms with E-state index in [1.165, 1.54) is 29.4 Å². The summed E-state index contributed by atoms with van der Waals surface area (Å²) < 4.78 is 33.2. The number of aryl methyl sites for hydroxylation is 1. The molecule has 1 heterocycles. The van der Waals surface area contributed by atoms with Crippen molar-refractivity contribution in [2.75, 3.05) is 7.11 Å². The van der Waals surface area contributed by atoms with E-state index in [-0.39, 0.29) is 17.7 Å². The van der Waals surface area contributed by atoms with Crippen LogP contribution in [0.3, 0.4) is 0 Å². The maximum atomic E-state index is 13.1. The maximum absolute atomic E-state index is 13.1. The summed E-state index contributed by atoms with van der Waals surface area (Å²) in [5, 5.41) is 9.66. The van der Waals surface area contributed by atoms with Crippen molar-refractivity contribution < 1.29 is 23.1 Å². The van der Waals surface area contributed by atoms with Crippen LogP contribution in [0.25, 0.3) is 10.9 Å². The van der Waals surface area contributed by atoms with Gasteiger partial charge in [0.1, 0.15) is 5.75 Å². The average Bonchev–Trinajstić information content (AvgIpc) is 2.98. The van der Waals surface area contributed by atoms with Gasteiger partial charge in [-0.25, -0.2) is 12.4 Å². The molecule has 0 aliphatic heterocycles. The largest absolute Gasteiger partial charge is 0.497 e. The third-order valence-corrected chi connectivity index (χ3v) is 6.22. The number of halogens is 1. The van der Waals surface area contributed by atoms with Crippen LogP contribution in [0.4, 0.5) is 0 Å². The molecule has 26 heavy (non-hydrogen) atoms. The lowest BCUT2D eigenvalue weighted by Crippen LogP contribution is -2.11. The van der Waals surface area contributed by atoms with Crippen LogP contribution in [0.15, 0.2) is 58.0 Å². The normalized spacial score (nSPS) is 11.6. The first kappa shape index (κ1) is 18.5. The zero-order chi connectivity index (χ0) is 18.9. The summed E-state index contributed by atoms with van der Waals surface area (Å²) in [7, 11) is -2.31. The second-order valence-corrected chi connectivity index (χ2v) is 8.42. The number of ether oxygens (including phenoxy) is 1. The predicted molar refractivity (Wildman–Crippen MR) is 101 cm³/mol. The monoisotopic (exact) mass is 437 g/mol. The highest BCUT2D eigenvalue weighted by molar-refractivity contribution is 9.10. The number of hydrogen-bond donors (Lipinski definition) is 1. The molecule has 0 aliphatic rings. The predicted octanol–water partition coefficient (Wildman–Crippen LogP) is 3.67. The fourth-order valence-electron chi connectivity index (χ4n) is 2.74. The van der Waals surface area contributed by atoms with Crippen LogP contribution in [0.2, 0.25) is 0 Å². The Labute approximate surface area is 159 Å². The lowest BCUT2D eigenvalue weighted by molar-refractivity contribution is -0.136. The molecule has 136 valence electrons. The van der Waals surface area contributed by atoms with Crippen LogP contribution < -0.4 is 4.74 Å². The number of hydrogen-bond acceptors (Lipinski definition) is 4. The van der Waals surface area contributed by atoms with E-state index in [1.807, 2.05) is 0 Å². The molecule has 3 aromatic rings. The molecule has 0 saturated heterocycles. The number of fused-ring (bicyclic) bond motifs is 1. The minimum Gasteiger partial charge on any atom is -0.497 e. The molecule has 8 heteroatoms. The highest BCUT2D eigenvalue weighted by Crippen LogP contribution is 2.29. The van der Waals surface area contributed by atoms with Crippen molar-refractivity contribution in [1.29, 1.82) is 0 Å². The van der Waals surface area contributed by atoms with Crippen LogP contribution in [0.1, 0.15) is 12.0 Å². The number of carboxylic acid groups (broad SMARTS) is 1. The molecular weight excluding hydrogens is 422 g/mol. The number of rotatable bonds is 6. The molecule has 0 amide bonds. The summed E-state index contributed by atoms with van der Waals surface area (Å²) in [5.41, 5.74) is 1.17. The van der Waals surface area contributed by atoms with E-state index in [2.05, 4.69) is 15.9 Å². The van der Waals surface area contributed by atoms with Crippen molar-refractivity contribution in [2.24, 2.45) is 0 Å². The van der Waals surface area contributed by atoms with Crippen LogP contribution in [0, 0.1) is 0 Å². The zero-order valence-corrected chi connectivity index (χ0v) is 16.2. The van der Waals surface area contributed by atoms with Crippen LogP contribution in [-0.2, 0) is 21.2 Å². The summed E-state index contributed by atoms with van der Waals surface area (Å²) in [6.07, 6.45) is 1.67. The Bertz CT molecular complexity index is 1070. The Morgan fingerprint density at radius 3 is 2.50 bits per heavy atom. The van der Waals surface area contributed by atoms with Gasteiger partial charge in [0, 0.05) is 22.5 Å². The number of carbonyl (C=O) groups is 1. The van der Waals surface area contributed by atoms with Gasteiger partial charge in [0.05, 0.1) is 17.5 Å². The minimum atomic E-state index is -3.82. The summed E-state index contributed by atoms with van der Waals surface area (Å²) in [4.78, 5) is 11.0. The molecule has 0 bridgehead atoms. The van der Waals surface area contributed by atoms with Gasteiger partial charge in [0.15, 0.2) is 0 Å². The second-order valence-electron chi connectivity index (χ2n) is 5.69. The van der Waals surface area contributed by atoms with Gasteiger partial charge in [-0.3, -0.25) is 4.79 Å². The smallest absolute Gasteiger partial charge is 0.303 e. The number of aliphatic carboxylic acids is 1. The van der Waals surface area contributed by atoms with E-state index in [0.29, 0.717) is 22.2 Å². The van der Waals surface area contributed by atoms with E-state index in [1.54, 1.807) is 30.3 Å². The van der Waals surface area contributed by atoms with E-state index < -0.39 is 16.0 Å². The van der Waals surface area contributed by atoms with Crippen LogP contribution >= 0.6 is 15.9 Å².